The van der Waals surface area contributed by atoms with Crippen LogP contribution in [0.5, 0.6) is 5.75 Å². The van der Waals surface area contributed by atoms with Gasteiger partial charge >= 0.3 is 18.4 Å². The summed E-state index contributed by atoms with van der Waals surface area (Å²) in [4.78, 5) is 26.3. The van der Waals surface area contributed by atoms with E-state index in [1.807, 2.05) is 13.0 Å². The second-order valence-electron chi connectivity index (χ2n) is 12.0. The van der Waals surface area contributed by atoms with Crippen molar-refractivity contribution in [3.8, 4) is 5.75 Å². The Balaban J connectivity index is 1.76. The number of hydrogen-bond donors (Lipinski definition) is 1. The number of alkyl halides is 6. The van der Waals surface area contributed by atoms with E-state index in [9.17, 15) is 35.9 Å². The Labute approximate surface area is 246 Å². The Kier molecular flexibility index (Phi) is 8.56. The Morgan fingerprint density at radius 1 is 1.07 bits per heavy atom. The molecule has 1 aliphatic carbocycles. The van der Waals surface area contributed by atoms with E-state index in [2.05, 4.69) is 19.2 Å². The fourth-order valence-electron chi connectivity index (χ4n) is 5.81. The number of benzene rings is 2. The second kappa shape index (κ2) is 11.4. The molecule has 0 aromatic heterocycles. The number of halogens is 6. The van der Waals surface area contributed by atoms with Crippen molar-refractivity contribution in [2.24, 2.45) is 5.41 Å². The van der Waals surface area contributed by atoms with Gasteiger partial charge in [-0.3, -0.25) is 9.69 Å². The molecule has 2 amide bonds. The third-order valence-electron chi connectivity index (χ3n) is 8.04. The van der Waals surface area contributed by atoms with Gasteiger partial charge in [0.05, 0.1) is 24.3 Å². The van der Waals surface area contributed by atoms with Gasteiger partial charge in [-0.1, -0.05) is 13.8 Å². The normalized spacial score (nSPS) is 20.7. The lowest BCUT2D eigenvalue weighted by atomic mass is 9.72. The quantitative estimate of drug-likeness (QED) is 0.332. The number of nitrogens with zero attached hydrogens (tertiary/aromatic N) is 1. The molecule has 1 N–H and O–H groups in total. The molecule has 1 aliphatic heterocycles. The molecule has 0 bridgehead atoms. The van der Waals surface area contributed by atoms with Crippen LogP contribution in [0.25, 0.3) is 5.57 Å². The highest BCUT2D eigenvalue weighted by molar-refractivity contribution is 5.91. The van der Waals surface area contributed by atoms with Crippen LogP contribution in [0.1, 0.15) is 80.9 Å². The summed E-state index contributed by atoms with van der Waals surface area (Å²) in [5, 5.41) is 2.81. The van der Waals surface area contributed by atoms with E-state index in [0.29, 0.717) is 36.4 Å². The summed E-state index contributed by atoms with van der Waals surface area (Å²) in [6.45, 7) is 8.97. The van der Waals surface area contributed by atoms with Gasteiger partial charge in [-0.15, -0.1) is 0 Å². The lowest BCUT2D eigenvalue weighted by Gasteiger charge is -2.36. The molecule has 4 rings (SSSR count). The van der Waals surface area contributed by atoms with Gasteiger partial charge in [0, 0.05) is 24.7 Å². The number of ether oxygens (including phenoxy) is 2. The summed E-state index contributed by atoms with van der Waals surface area (Å²) < 4.78 is 92.2. The smallest absolute Gasteiger partial charge is 0.416 e. The van der Waals surface area contributed by atoms with E-state index in [-0.39, 0.29) is 29.5 Å². The number of methoxy groups -OCH3 is 1. The standard InChI is InChI=1S/C31H34F6N2O4/c1-16-9-26(42-6)24(13-25(16)38-18(3)40)23-7-8-29(4,5)14-20(23)15-39-17(2)27(43-28(39)41)19-10-21(30(32,33)34)12-22(11-19)31(35,36)37/h9-13,17,27H,7-8,14-15H2,1-6H3,(H,38,40)/t17-,27-/m0/s1. The van der Waals surface area contributed by atoms with Crippen LogP contribution in [0.15, 0.2) is 35.9 Å². The molecule has 0 radical (unpaired) electrons. The lowest BCUT2D eigenvalue weighted by Crippen LogP contribution is -2.35. The molecule has 2 aromatic rings. The van der Waals surface area contributed by atoms with E-state index in [4.69, 9.17) is 9.47 Å². The van der Waals surface area contributed by atoms with Crippen LogP contribution in [0.2, 0.25) is 0 Å². The number of allylic oxidation sites excluding steroid dienone is 1. The van der Waals surface area contributed by atoms with Crippen LogP contribution in [-0.2, 0) is 21.9 Å². The molecular formula is C31H34F6N2O4. The highest BCUT2D eigenvalue weighted by atomic mass is 19.4. The van der Waals surface area contributed by atoms with E-state index < -0.39 is 41.7 Å². The topological polar surface area (TPSA) is 67.9 Å². The third kappa shape index (κ3) is 6.94. The van der Waals surface area contributed by atoms with Crippen LogP contribution < -0.4 is 10.1 Å². The van der Waals surface area contributed by atoms with Crippen molar-refractivity contribution in [2.45, 2.75) is 78.4 Å². The molecule has 12 heteroatoms. The summed E-state index contributed by atoms with van der Waals surface area (Å²) in [5.41, 5.74) is 0.384. The molecule has 6 nitrogen and oxygen atoms in total. The number of hydrogen-bond acceptors (Lipinski definition) is 4. The van der Waals surface area contributed by atoms with Gasteiger partial charge in [0.15, 0.2) is 0 Å². The molecule has 234 valence electrons. The van der Waals surface area contributed by atoms with Gasteiger partial charge in [0.25, 0.3) is 0 Å². The third-order valence-corrected chi connectivity index (χ3v) is 8.04. The highest BCUT2D eigenvalue weighted by Gasteiger charge is 2.44. The van der Waals surface area contributed by atoms with Crippen molar-refractivity contribution in [3.63, 3.8) is 0 Å². The Morgan fingerprint density at radius 3 is 2.21 bits per heavy atom. The van der Waals surface area contributed by atoms with Gasteiger partial charge in [0.1, 0.15) is 11.9 Å². The molecule has 43 heavy (non-hydrogen) atoms. The van der Waals surface area contributed by atoms with Gasteiger partial charge in [-0.25, -0.2) is 4.79 Å². The molecule has 2 aliphatic rings. The fraction of sp³-hybridized carbons (Fsp3) is 0.484. The largest absolute Gasteiger partial charge is 0.496 e. The van der Waals surface area contributed by atoms with E-state index in [1.165, 1.54) is 18.9 Å². The molecule has 0 spiro atoms. The van der Waals surface area contributed by atoms with Crippen molar-refractivity contribution in [1.82, 2.24) is 4.90 Å². The minimum absolute atomic E-state index is 0.0485. The van der Waals surface area contributed by atoms with Gasteiger partial charge in [0.2, 0.25) is 5.91 Å². The van der Waals surface area contributed by atoms with Crippen molar-refractivity contribution in [3.05, 3.63) is 63.7 Å². The molecule has 1 fully saturated rings. The van der Waals surface area contributed by atoms with Crippen molar-refractivity contribution in [1.29, 1.82) is 0 Å². The lowest BCUT2D eigenvalue weighted by molar-refractivity contribution is -0.143. The number of amides is 2. The van der Waals surface area contributed by atoms with Crippen molar-refractivity contribution in [2.75, 3.05) is 19.0 Å². The average Bonchev–Trinajstić information content (AvgIpc) is 3.16. The highest BCUT2D eigenvalue weighted by Crippen LogP contribution is 2.47. The summed E-state index contributed by atoms with van der Waals surface area (Å²) in [7, 11) is 1.53. The minimum Gasteiger partial charge on any atom is -0.496 e. The van der Waals surface area contributed by atoms with Gasteiger partial charge < -0.3 is 14.8 Å². The molecule has 2 aromatic carbocycles. The monoisotopic (exact) mass is 612 g/mol. The van der Waals surface area contributed by atoms with Crippen LogP contribution in [0, 0.1) is 12.3 Å². The number of carbonyl (C=O) groups is 2. The van der Waals surface area contributed by atoms with Crippen LogP contribution in [0.4, 0.5) is 36.8 Å². The second-order valence-corrected chi connectivity index (χ2v) is 12.0. The molecular weight excluding hydrogens is 578 g/mol. The predicted molar refractivity (Wildman–Crippen MR) is 148 cm³/mol. The first kappa shape index (κ1) is 32.2. The van der Waals surface area contributed by atoms with Crippen LogP contribution in [0.3, 0.4) is 0 Å². The summed E-state index contributed by atoms with van der Waals surface area (Å²) in [6.07, 6.45) is -10.3. The fourth-order valence-corrected chi connectivity index (χ4v) is 5.81. The zero-order chi connectivity index (χ0) is 32.1. The maximum absolute atomic E-state index is 13.5. The summed E-state index contributed by atoms with van der Waals surface area (Å²) in [5.74, 6) is 0.318. The molecule has 0 saturated carbocycles. The first-order valence-electron chi connectivity index (χ1n) is 13.7. The number of nitrogens with one attached hydrogen (secondary N) is 1. The molecule has 1 heterocycles. The van der Waals surface area contributed by atoms with Crippen LogP contribution in [-0.4, -0.2) is 36.6 Å². The van der Waals surface area contributed by atoms with Crippen molar-refractivity contribution >= 4 is 23.3 Å². The van der Waals surface area contributed by atoms with Crippen molar-refractivity contribution < 1.29 is 45.4 Å². The van der Waals surface area contributed by atoms with E-state index in [1.54, 1.807) is 13.0 Å². The van der Waals surface area contributed by atoms with E-state index in [0.717, 1.165) is 28.7 Å². The molecule has 0 unspecified atom stereocenters. The van der Waals surface area contributed by atoms with E-state index >= 15 is 0 Å². The maximum Gasteiger partial charge on any atom is 0.416 e. The summed E-state index contributed by atoms with van der Waals surface area (Å²) in [6, 6.07) is 4.00. The Bertz CT molecular complexity index is 1430. The Hall–Kier alpha value is -3.70. The minimum atomic E-state index is -5.03. The first-order chi connectivity index (χ1) is 19.8. The summed E-state index contributed by atoms with van der Waals surface area (Å²) >= 11 is 0. The number of carbonyl (C=O) groups excluding carboxylic acids is 2. The molecule has 2 atom stereocenters. The number of anilines is 1. The predicted octanol–water partition coefficient (Wildman–Crippen LogP) is 8.55. The number of cyclic esters (lactones) is 1. The zero-order valence-electron chi connectivity index (χ0n) is 24.7. The van der Waals surface area contributed by atoms with Crippen LogP contribution >= 0.6 is 0 Å². The first-order valence-corrected chi connectivity index (χ1v) is 13.7. The van der Waals surface area contributed by atoms with Gasteiger partial charge in [-0.2, -0.15) is 26.3 Å². The van der Waals surface area contributed by atoms with Gasteiger partial charge in [-0.05, 0) is 91.1 Å². The maximum atomic E-state index is 13.5. The Morgan fingerprint density at radius 2 is 1.67 bits per heavy atom. The average molecular weight is 613 g/mol. The molecule has 1 saturated heterocycles. The zero-order valence-corrected chi connectivity index (χ0v) is 24.7. The SMILES string of the molecule is COc1cc(C)c(NC(C)=O)cc1C1=C(CN2C(=O)O[C@H](c3cc(C(F)(F)F)cc(C(F)(F)F)c3)[C@@H]2C)CC(C)(C)CC1. The number of aryl methyl sites for hydroxylation is 1. The number of rotatable bonds is 6.